The van der Waals surface area contributed by atoms with Crippen LogP contribution in [0.1, 0.15) is 16.2 Å². The Morgan fingerprint density at radius 3 is 2.35 bits per heavy atom. The van der Waals surface area contributed by atoms with Crippen molar-refractivity contribution >= 4 is 11.6 Å². The second-order valence-corrected chi connectivity index (χ2v) is 4.00. The van der Waals surface area contributed by atoms with E-state index in [1.165, 1.54) is 19.2 Å². The highest BCUT2D eigenvalue weighted by Gasteiger charge is 2.35. The maximum absolute atomic E-state index is 12.7. The van der Waals surface area contributed by atoms with Crippen molar-refractivity contribution in [2.24, 2.45) is 7.05 Å². The fourth-order valence-electron chi connectivity index (χ4n) is 1.55. The van der Waals surface area contributed by atoms with E-state index in [-0.39, 0.29) is 11.4 Å². The Balaban J connectivity index is 2.21. The third kappa shape index (κ3) is 2.95. The molecule has 20 heavy (non-hydrogen) atoms. The molecule has 0 unspecified atom stereocenters. The molecule has 0 saturated carbocycles. The predicted molar refractivity (Wildman–Crippen MR) is 62.6 cm³/mol. The van der Waals surface area contributed by atoms with Crippen molar-refractivity contribution in [1.29, 1.82) is 0 Å². The Labute approximate surface area is 111 Å². The molecule has 0 radical (unpaired) electrons. The van der Waals surface area contributed by atoms with Gasteiger partial charge in [0.15, 0.2) is 5.69 Å². The quantitative estimate of drug-likeness (QED) is 0.863. The van der Waals surface area contributed by atoms with Crippen LogP contribution >= 0.6 is 0 Å². The standard InChI is InChI=1S/C12H9F4N3O/c1-19-9(6-10(18-19)12(14,15)16)11(20)17-8-4-2-7(13)3-5-8/h2-6H,1H3,(H,17,20). The first-order valence-corrected chi connectivity index (χ1v) is 5.45. The molecule has 1 aromatic heterocycles. The minimum atomic E-state index is -4.62. The van der Waals surface area contributed by atoms with E-state index in [0.717, 1.165) is 16.8 Å². The molecule has 0 atom stereocenters. The number of benzene rings is 1. The van der Waals surface area contributed by atoms with Crippen molar-refractivity contribution in [2.75, 3.05) is 5.32 Å². The first-order chi connectivity index (χ1) is 9.27. The van der Waals surface area contributed by atoms with E-state index in [0.29, 0.717) is 6.07 Å². The maximum Gasteiger partial charge on any atom is 0.435 e. The number of hydrogen-bond donors (Lipinski definition) is 1. The molecule has 106 valence electrons. The highest BCUT2D eigenvalue weighted by molar-refractivity contribution is 6.03. The average molecular weight is 287 g/mol. The summed E-state index contributed by atoms with van der Waals surface area (Å²) in [6, 6.07) is 5.50. The van der Waals surface area contributed by atoms with Crippen LogP contribution in [0, 0.1) is 5.82 Å². The van der Waals surface area contributed by atoms with Crippen molar-refractivity contribution in [3.8, 4) is 0 Å². The summed E-state index contributed by atoms with van der Waals surface area (Å²) < 4.78 is 50.9. The number of halogens is 4. The molecule has 0 bridgehead atoms. The van der Waals surface area contributed by atoms with Crippen molar-refractivity contribution < 1.29 is 22.4 Å². The number of carbonyl (C=O) groups excluding carboxylic acids is 1. The number of carbonyl (C=O) groups is 1. The Kier molecular flexibility index (Phi) is 3.47. The smallest absolute Gasteiger partial charge is 0.321 e. The summed E-state index contributed by atoms with van der Waals surface area (Å²) in [4.78, 5) is 11.8. The normalized spacial score (nSPS) is 11.4. The number of aryl methyl sites for hydroxylation is 1. The highest BCUT2D eigenvalue weighted by Crippen LogP contribution is 2.28. The summed E-state index contributed by atoms with van der Waals surface area (Å²) in [6.07, 6.45) is -4.62. The van der Waals surface area contributed by atoms with Crippen LogP contribution in [0.15, 0.2) is 30.3 Å². The molecule has 1 amide bonds. The number of rotatable bonds is 2. The molecule has 2 aromatic rings. The van der Waals surface area contributed by atoms with Crippen LogP contribution < -0.4 is 5.32 Å². The lowest BCUT2D eigenvalue weighted by Gasteiger charge is -2.04. The van der Waals surface area contributed by atoms with Crippen molar-refractivity contribution in [2.45, 2.75) is 6.18 Å². The summed E-state index contributed by atoms with van der Waals surface area (Å²) in [6.45, 7) is 0. The number of aromatic nitrogens is 2. The molecule has 1 aromatic carbocycles. The number of amides is 1. The van der Waals surface area contributed by atoms with Gasteiger partial charge in [-0.3, -0.25) is 9.48 Å². The maximum atomic E-state index is 12.7. The van der Waals surface area contributed by atoms with Gasteiger partial charge in [0.1, 0.15) is 11.5 Å². The third-order valence-electron chi connectivity index (χ3n) is 2.50. The molecule has 0 aliphatic heterocycles. The van der Waals surface area contributed by atoms with Gasteiger partial charge in [-0.1, -0.05) is 0 Å². The molecule has 8 heteroatoms. The molecule has 0 fully saturated rings. The Morgan fingerprint density at radius 1 is 1.25 bits per heavy atom. The van der Waals surface area contributed by atoms with E-state index < -0.39 is 23.6 Å². The first kappa shape index (κ1) is 14.0. The lowest BCUT2D eigenvalue weighted by Crippen LogP contribution is -2.15. The second kappa shape index (κ2) is 4.95. The molecular weight excluding hydrogens is 278 g/mol. The molecule has 4 nitrogen and oxygen atoms in total. The summed E-state index contributed by atoms with van der Waals surface area (Å²) in [5, 5.41) is 5.59. The zero-order valence-corrected chi connectivity index (χ0v) is 10.2. The number of nitrogens with one attached hydrogen (secondary N) is 1. The van der Waals surface area contributed by atoms with Crippen molar-refractivity contribution in [3.05, 3.63) is 47.5 Å². The zero-order valence-electron chi connectivity index (χ0n) is 10.2. The highest BCUT2D eigenvalue weighted by atomic mass is 19.4. The predicted octanol–water partition coefficient (Wildman–Crippen LogP) is 2.83. The van der Waals surface area contributed by atoms with E-state index in [2.05, 4.69) is 10.4 Å². The molecule has 1 heterocycles. The van der Waals surface area contributed by atoms with Crippen LogP contribution in [0.3, 0.4) is 0 Å². The monoisotopic (exact) mass is 287 g/mol. The average Bonchev–Trinajstić information content (AvgIpc) is 2.74. The fraction of sp³-hybridized carbons (Fsp3) is 0.167. The SMILES string of the molecule is Cn1nc(C(F)(F)F)cc1C(=O)Nc1ccc(F)cc1. The van der Waals surface area contributed by atoms with Crippen LogP contribution in [-0.4, -0.2) is 15.7 Å². The Bertz CT molecular complexity index is 631. The molecule has 0 spiro atoms. The van der Waals surface area contributed by atoms with Gasteiger partial charge in [0, 0.05) is 18.8 Å². The van der Waals surface area contributed by atoms with E-state index in [4.69, 9.17) is 0 Å². The van der Waals surface area contributed by atoms with Crippen molar-refractivity contribution in [1.82, 2.24) is 9.78 Å². The van der Waals surface area contributed by atoms with E-state index >= 15 is 0 Å². The largest absolute Gasteiger partial charge is 0.435 e. The van der Waals surface area contributed by atoms with Crippen LogP contribution in [0.25, 0.3) is 0 Å². The topological polar surface area (TPSA) is 46.9 Å². The molecule has 1 N–H and O–H groups in total. The van der Waals surface area contributed by atoms with E-state index in [1.54, 1.807) is 0 Å². The summed E-state index contributed by atoms with van der Waals surface area (Å²) in [7, 11) is 1.23. The van der Waals surface area contributed by atoms with E-state index in [9.17, 15) is 22.4 Å². The lowest BCUT2D eigenvalue weighted by molar-refractivity contribution is -0.141. The summed E-state index contributed by atoms with van der Waals surface area (Å²) in [5.74, 6) is -1.25. The number of hydrogen-bond acceptors (Lipinski definition) is 2. The minimum absolute atomic E-state index is 0.248. The molecule has 0 aliphatic carbocycles. The first-order valence-electron chi connectivity index (χ1n) is 5.45. The van der Waals surface area contributed by atoms with Gasteiger partial charge in [0.05, 0.1) is 0 Å². The third-order valence-corrected chi connectivity index (χ3v) is 2.50. The van der Waals surface area contributed by atoms with Crippen molar-refractivity contribution in [3.63, 3.8) is 0 Å². The van der Waals surface area contributed by atoms with Gasteiger partial charge >= 0.3 is 6.18 Å². The van der Waals surface area contributed by atoms with Gasteiger partial charge in [0.25, 0.3) is 5.91 Å². The van der Waals surface area contributed by atoms with Gasteiger partial charge in [0.2, 0.25) is 0 Å². The summed E-state index contributed by atoms with van der Waals surface area (Å²) >= 11 is 0. The molecule has 2 rings (SSSR count). The van der Waals surface area contributed by atoms with Gasteiger partial charge in [-0.15, -0.1) is 0 Å². The van der Waals surface area contributed by atoms with Crippen LogP contribution in [0.5, 0.6) is 0 Å². The molecule has 0 aliphatic rings. The molecule has 0 saturated heterocycles. The second-order valence-electron chi connectivity index (χ2n) is 4.00. The van der Waals surface area contributed by atoms with Crippen LogP contribution in [-0.2, 0) is 13.2 Å². The fourth-order valence-corrected chi connectivity index (χ4v) is 1.55. The number of nitrogens with zero attached hydrogens (tertiary/aromatic N) is 2. The van der Waals surface area contributed by atoms with Gasteiger partial charge < -0.3 is 5.32 Å². The van der Waals surface area contributed by atoms with E-state index in [1.807, 2.05) is 0 Å². The zero-order chi connectivity index (χ0) is 14.9. The number of anilines is 1. The van der Waals surface area contributed by atoms with Gasteiger partial charge in [-0.2, -0.15) is 18.3 Å². The Hall–Kier alpha value is -2.38. The van der Waals surface area contributed by atoms with Crippen LogP contribution in [0.2, 0.25) is 0 Å². The van der Waals surface area contributed by atoms with Gasteiger partial charge in [-0.05, 0) is 24.3 Å². The minimum Gasteiger partial charge on any atom is -0.321 e. The molecular formula is C12H9F4N3O. The summed E-state index contributed by atoms with van der Waals surface area (Å²) in [5.41, 5.74) is -1.13. The van der Waals surface area contributed by atoms with Gasteiger partial charge in [-0.25, -0.2) is 4.39 Å². The van der Waals surface area contributed by atoms with Crippen LogP contribution in [0.4, 0.5) is 23.2 Å². The number of alkyl halides is 3. The lowest BCUT2D eigenvalue weighted by atomic mass is 10.3. The Morgan fingerprint density at radius 2 is 1.85 bits per heavy atom.